The molecule has 0 saturated heterocycles. The first-order chi connectivity index (χ1) is 59.5. The fourth-order valence-corrected chi connectivity index (χ4v) is 19.0. The van der Waals surface area contributed by atoms with Crippen LogP contribution in [0.25, 0.3) is 132 Å². The minimum absolute atomic E-state index is 0.0127. The second-order valence-electron chi connectivity index (χ2n) is 37.7. The van der Waals surface area contributed by atoms with Crippen LogP contribution in [0.4, 0.5) is 34.1 Å². The van der Waals surface area contributed by atoms with Crippen LogP contribution in [0.5, 0.6) is 0 Å². The van der Waals surface area contributed by atoms with Gasteiger partial charge in [-0.15, -0.1) is 0 Å². The number of aromatic nitrogens is 4. The molecular weight excluding hydrogens is 1420 g/mol. The van der Waals surface area contributed by atoms with Crippen LogP contribution < -0.4 is 26.2 Å². The van der Waals surface area contributed by atoms with Gasteiger partial charge < -0.3 is 28.1 Å². The van der Waals surface area contributed by atoms with Crippen molar-refractivity contribution in [3.05, 3.63) is 343 Å². The number of rotatable bonds is 8. The van der Waals surface area contributed by atoms with Gasteiger partial charge in [0.15, 0.2) is 0 Å². The molecule has 6 heterocycles. The molecule has 0 bridgehead atoms. The lowest BCUT2D eigenvalue weighted by molar-refractivity contribution is 0.590. The molecule has 0 N–H and O–H groups in total. The van der Waals surface area contributed by atoms with Gasteiger partial charge in [0.2, 0.25) is 0 Å². The standard InChI is InChI=1S/C110H97BN6/c1-106(2,3)72-45-53-93-85(60-72)86-61-73(107(4,5)6)46-54-94(86)113(93)79-50-52-90-100(67-79)117(98-44-30-40-84-83-39-29-43-97(104(83)115(105(84)98)77-35-23-18-24-36-77)116-95-55-47-74(108(7,8)9)62-87(95)88-63-75(109(10,11)12)48-56-96(88)116)102-65-76(110(13,14)15)64-101-103(102)111(90)89-51-49-78(112-91-41-27-25-37-81(91)82-38-26-28-42-92(82)112)66-99(89)114(101)80-58-70(68-31-19-16-20-32-68)57-71(59-80)69-33-21-17-22-34-69/h16-67H,1-15H3/i25D,26D,27D,28D,37D,38D,41D,42D. The highest BCUT2D eigenvalue weighted by Gasteiger charge is 2.46. The van der Waals surface area contributed by atoms with Gasteiger partial charge in [0.25, 0.3) is 6.71 Å². The average molecular weight is 1520 g/mol. The second-order valence-corrected chi connectivity index (χ2v) is 37.7. The maximum Gasteiger partial charge on any atom is 0.252 e. The molecule has 0 aliphatic carbocycles. The van der Waals surface area contributed by atoms with Crippen LogP contribution in [0, 0.1) is 0 Å². The molecule has 0 atom stereocenters. The van der Waals surface area contributed by atoms with E-state index in [2.05, 4.69) is 376 Å². The van der Waals surface area contributed by atoms with E-state index in [0.717, 1.165) is 139 Å². The summed E-state index contributed by atoms with van der Waals surface area (Å²) in [5.74, 6) is 0. The van der Waals surface area contributed by atoms with Gasteiger partial charge in [-0.1, -0.05) is 280 Å². The molecule has 0 unspecified atom stereocenters. The SMILES string of the molecule is [2H]c1c([2H])c([2H])c2c(c1[2H])c1c([2H])c([2H])c([2H])c([2H])c1n2-c1ccc2c(c1)N(c1cc(-c3ccccc3)cc(-c3ccccc3)c1)c1cc(C(C)(C)C)cc3c1B2c1ccc(-n2c4ccc(C(C)(C)C)cc4c4cc(C(C)(C)C)ccc42)cc1N3c1cccc2c3cccc(-n4c5ccc(C(C)(C)C)cc5c5cc(C(C)(C)C)ccc54)c3n(-c3ccccc3)c12. The summed E-state index contributed by atoms with van der Waals surface area (Å²) in [5.41, 5.74) is 27.6. The molecule has 2 aliphatic rings. The fraction of sp³-hybridized carbons (Fsp3) is 0.182. The Hall–Kier alpha value is -12.8. The van der Waals surface area contributed by atoms with Gasteiger partial charge in [-0.2, -0.15) is 0 Å². The quantitative estimate of drug-likeness (QED) is 0.142. The normalized spacial score (nSPS) is 14.3. The number of para-hydroxylation sites is 5. The lowest BCUT2D eigenvalue weighted by Crippen LogP contribution is -2.61. The van der Waals surface area contributed by atoms with Crippen molar-refractivity contribution in [2.75, 3.05) is 9.80 Å². The Morgan fingerprint density at radius 3 is 1.06 bits per heavy atom. The minimum Gasteiger partial charge on any atom is -0.311 e. The summed E-state index contributed by atoms with van der Waals surface area (Å²) in [4.78, 5) is 5.00. The molecule has 0 fully saturated rings. The highest BCUT2D eigenvalue weighted by Crippen LogP contribution is 2.53. The summed E-state index contributed by atoms with van der Waals surface area (Å²) in [6, 6.07) is 95.6. The number of anilines is 6. The Balaban J connectivity index is 0.924. The van der Waals surface area contributed by atoms with Crippen LogP contribution in [0.15, 0.2) is 315 Å². The number of hydrogen-bond acceptors (Lipinski definition) is 2. The van der Waals surface area contributed by atoms with Crippen molar-refractivity contribution in [1.29, 1.82) is 0 Å². The predicted octanol–water partition coefficient (Wildman–Crippen LogP) is 28.0. The Bertz CT molecular complexity index is 7570. The lowest BCUT2D eigenvalue weighted by Gasteiger charge is -2.45. The monoisotopic (exact) mass is 1520 g/mol. The van der Waals surface area contributed by atoms with Gasteiger partial charge in [0.05, 0.1) is 66.5 Å². The largest absolute Gasteiger partial charge is 0.311 e. The van der Waals surface area contributed by atoms with Crippen molar-refractivity contribution < 1.29 is 11.0 Å². The van der Waals surface area contributed by atoms with Gasteiger partial charge in [0.1, 0.15) is 0 Å². The third-order valence-corrected chi connectivity index (χ3v) is 25.1. The molecule has 0 radical (unpaired) electrons. The topological polar surface area (TPSA) is 26.2 Å². The number of fused-ring (bicyclic) bond motifs is 16. The predicted molar refractivity (Wildman–Crippen MR) is 502 cm³/mol. The molecule has 19 aromatic rings. The summed E-state index contributed by atoms with van der Waals surface area (Å²) < 4.78 is 85.1. The van der Waals surface area contributed by atoms with E-state index >= 15 is 0 Å². The molecule has 7 heteroatoms. The van der Waals surface area contributed by atoms with Gasteiger partial charge in [0, 0.05) is 88.6 Å². The molecule has 6 nitrogen and oxygen atoms in total. The van der Waals surface area contributed by atoms with Crippen LogP contribution in [-0.2, 0) is 27.1 Å². The van der Waals surface area contributed by atoms with Crippen LogP contribution in [0.3, 0.4) is 0 Å². The molecular formula is C110H97BN6. The second kappa shape index (κ2) is 25.8. The Kier molecular flexibility index (Phi) is 14.0. The summed E-state index contributed by atoms with van der Waals surface area (Å²) in [6.07, 6.45) is 0. The van der Waals surface area contributed by atoms with Crippen LogP contribution in [0.2, 0.25) is 0 Å². The fourth-order valence-electron chi connectivity index (χ4n) is 19.0. The molecule has 570 valence electrons. The van der Waals surface area contributed by atoms with Crippen LogP contribution in [-0.4, -0.2) is 25.0 Å². The first-order valence-corrected chi connectivity index (χ1v) is 41.2. The van der Waals surface area contributed by atoms with Gasteiger partial charge >= 0.3 is 0 Å². The Morgan fingerprint density at radius 1 is 0.231 bits per heavy atom. The Labute approximate surface area is 698 Å². The number of benzene rings is 15. The molecule has 15 aromatic carbocycles. The van der Waals surface area contributed by atoms with E-state index in [-0.39, 0.29) is 55.6 Å². The van der Waals surface area contributed by atoms with Crippen LogP contribution >= 0.6 is 0 Å². The maximum atomic E-state index is 9.88. The highest BCUT2D eigenvalue weighted by molar-refractivity contribution is 7.00. The van der Waals surface area contributed by atoms with Crippen molar-refractivity contribution in [2.24, 2.45) is 0 Å². The first-order valence-electron chi connectivity index (χ1n) is 45.2. The summed E-state index contributed by atoms with van der Waals surface area (Å²) in [7, 11) is 0. The summed E-state index contributed by atoms with van der Waals surface area (Å²) in [5, 5.41) is 6.96. The van der Waals surface area contributed by atoms with E-state index in [1.165, 1.54) is 43.8 Å². The van der Waals surface area contributed by atoms with Gasteiger partial charge in [-0.05, 0) is 233 Å². The highest BCUT2D eigenvalue weighted by atomic mass is 15.2. The van der Waals surface area contributed by atoms with E-state index in [0.29, 0.717) is 5.69 Å². The maximum absolute atomic E-state index is 9.88. The smallest absolute Gasteiger partial charge is 0.252 e. The Morgan fingerprint density at radius 2 is 0.615 bits per heavy atom. The molecule has 0 amide bonds. The third kappa shape index (κ3) is 11.3. The van der Waals surface area contributed by atoms with Crippen molar-refractivity contribution in [1.82, 2.24) is 18.3 Å². The van der Waals surface area contributed by atoms with E-state index in [9.17, 15) is 8.22 Å². The van der Waals surface area contributed by atoms with E-state index in [4.69, 9.17) is 2.74 Å². The lowest BCUT2D eigenvalue weighted by atomic mass is 9.33. The molecule has 4 aromatic heterocycles. The zero-order valence-corrected chi connectivity index (χ0v) is 69.2. The summed E-state index contributed by atoms with van der Waals surface area (Å²) >= 11 is 0. The van der Waals surface area contributed by atoms with E-state index in [1.807, 2.05) is 18.2 Å². The van der Waals surface area contributed by atoms with Crippen LogP contribution in [0.1, 0.15) is 143 Å². The van der Waals surface area contributed by atoms with Crippen molar-refractivity contribution >= 4 is 144 Å². The van der Waals surface area contributed by atoms with Crippen molar-refractivity contribution in [3.8, 4) is 45.0 Å². The summed E-state index contributed by atoms with van der Waals surface area (Å²) in [6.45, 7) is 33.9. The molecule has 117 heavy (non-hydrogen) atoms. The van der Waals surface area contributed by atoms with Gasteiger partial charge in [-0.25, -0.2) is 0 Å². The van der Waals surface area contributed by atoms with E-state index in [1.54, 1.807) is 4.57 Å². The molecule has 2 aliphatic heterocycles. The first kappa shape index (κ1) is 63.5. The van der Waals surface area contributed by atoms with E-state index < -0.39 is 48.4 Å². The average Bonchev–Trinajstić information content (AvgIpc) is 1.52. The molecule has 0 spiro atoms. The minimum atomic E-state index is -0.506. The molecule has 21 rings (SSSR count). The number of nitrogens with zero attached hydrogens (tertiary/aromatic N) is 6. The zero-order chi connectivity index (χ0) is 87.2. The zero-order valence-electron chi connectivity index (χ0n) is 77.2. The van der Waals surface area contributed by atoms with Crippen molar-refractivity contribution in [2.45, 2.75) is 131 Å². The third-order valence-electron chi connectivity index (χ3n) is 25.1. The van der Waals surface area contributed by atoms with Gasteiger partial charge in [-0.3, -0.25) is 0 Å². The van der Waals surface area contributed by atoms with Crippen molar-refractivity contribution in [3.63, 3.8) is 0 Å². The number of hydrogen-bond donors (Lipinski definition) is 0. The molecule has 0 saturated carbocycles.